The molecule has 3 aromatic rings. The highest BCUT2D eigenvalue weighted by Crippen LogP contribution is 2.45. The second-order valence-electron chi connectivity index (χ2n) is 13.3. The lowest BCUT2D eigenvalue weighted by Gasteiger charge is -2.33. The third-order valence-electron chi connectivity index (χ3n) is 9.96. The van der Waals surface area contributed by atoms with Crippen molar-refractivity contribution >= 4 is 46.6 Å². The number of aryl methyl sites for hydroxylation is 3. The number of imide groups is 2. The molecular weight excluding hydrogens is 608 g/mol. The number of halogens is 1. The zero-order chi connectivity index (χ0) is 34.4. The smallest absolute Gasteiger partial charge is 0.258 e. The summed E-state index contributed by atoms with van der Waals surface area (Å²) in [4.78, 5) is 53.1. The van der Waals surface area contributed by atoms with E-state index in [9.17, 15) is 19.2 Å². The fraction of sp³-hybridized carbons (Fsp3) is 0.350. The predicted molar refractivity (Wildman–Crippen MR) is 189 cm³/mol. The molecule has 6 nitrogen and oxygen atoms in total. The number of carbonyl (C=O) groups excluding carboxylic acids is 4. The van der Waals surface area contributed by atoms with Gasteiger partial charge in [0.25, 0.3) is 23.6 Å². The minimum absolute atomic E-state index is 0.300. The van der Waals surface area contributed by atoms with E-state index < -0.39 is 5.41 Å². The van der Waals surface area contributed by atoms with Crippen LogP contribution in [0.4, 0.5) is 11.4 Å². The zero-order valence-corrected chi connectivity index (χ0v) is 29.3. The molecule has 2 aliphatic rings. The molecule has 244 valence electrons. The minimum Gasteiger partial charge on any atom is -0.269 e. The Morgan fingerprint density at radius 1 is 0.532 bits per heavy atom. The van der Waals surface area contributed by atoms with Gasteiger partial charge >= 0.3 is 0 Å². The monoisotopic (exact) mass is 650 g/mol. The van der Waals surface area contributed by atoms with Crippen LogP contribution in [0, 0.1) is 0 Å². The van der Waals surface area contributed by atoms with Crippen molar-refractivity contribution in [2.24, 2.45) is 0 Å². The van der Waals surface area contributed by atoms with Crippen molar-refractivity contribution in [1.82, 2.24) is 0 Å². The van der Waals surface area contributed by atoms with Crippen LogP contribution in [0.5, 0.6) is 0 Å². The molecule has 0 unspecified atom stereocenters. The minimum atomic E-state index is -0.474. The summed E-state index contributed by atoms with van der Waals surface area (Å²) in [6.45, 7) is 16.8. The summed E-state index contributed by atoms with van der Waals surface area (Å²) in [6.07, 6.45) is 7.88. The molecule has 3 aromatic carbocycles. The highest BCUT2D eigenvalue weighted by Gasteiger charge is 2.35. The van der Waals surface area contributed by atoms with Crippen LogP contribution in [0.15, 0.2) is 66.8 Å². The van der Waals surface area contributed by atoms with Crippen molar-refractivity contribution in [1.29, 1.82) is 0 Å². The first-order chi connectivity index (χ1) is 22.2. The van der Waals surface area contributed by atoms with E-state index in [1.54, 1.807) is 0 Å². The summed E-state index contributed by atoms with van der Waals surface area (Å²) >= 11 is 7.15. The van der Waals surface area contributed by atoms with Crippen molar-refractivity contribution in [3.8, 4) is 0 Å². The Hall–Kier alpha value is -4.29. The number of anilines is 2. The van der Waals surface area contributed by atoms with Gasteiger partial charge in [0.05, 0.1) is 11.4 Å². The molecule has 2 aliphatic heterocycles. The summed E-state index contributed by atoms with van der Waals surface area (Å²) in [5.41, 5.74) is 8.42. The number of benzene rings is 3. The van der Waals surface area contributed by atoms with Crippen LogP contribution in [0.3, 0.4) is 0 Å². The first kappa shape index (κ1) is 34.1. The average molecular weight is 651 g/mol. The molecular formula is C40H43ClN2O4. The molecule has 0 radical (unpaired) electrons. The lowest BCUT2D eigenvalue weighted by atomic mass is 9.73. The van der Waals surface area contributed by atoms with Gasteiger partial charge in [-0.15, -0.1) is 0 Å². The molecule has 0 saturated heterocycles. The van der Waals surface area contributed by atoms with Crippen molar-refractivity contribution < 1.29 is 19.2 Å². The quantitative estimate of drug-likeness (QED) is 0.208. The number of carbonyl (C=O) groups is 4. The van der Waals surface area contributed by atoms with Gasteiger partial charge in [-0.1, -0.05) is 109 Å². The van der Waals surface area contributed by atoms with Crippen molar-refractivity contribution in [3.05, 3.63) is 116 Å². The first-order valence-electron chi connectivity index (χ1n) is 16.5. The second kappa shape index (κ2) is 12.7. The second-order valence-corrected chi connectivity index (χ2v) is 13.7. The Kier molecular flexibility index (Phi) is 9.22. The molecule has 0 aliphatic carbocycles. The Balaban J connectivity index is 1.53. The largest absolute Gasteiger partial charge is 0.269 e. The number of amides is 4. The number of rotatable bonds is 10. The summed E-state index contributed by atoms with van der Waals surface area (Å²) < 4.78 is 0. The van der Waals surface area contributed by atoms with Crippen molar-refractivity contribution in [2.75, 3.05) is 9.80 Å². The van der Waals surface area contributed by atoms with Gasteiger partial charge in [0, 0.05) is 40.2 Å². The first-order valence-corrected chi connectivity index (χ1v) is 16.8. The molecule has 0 atom stereocenters. The zero-order valence-electron chi connectivity index (χ0n) is 28.6. The number of hydrogen-bond acceptors (Lipinski definition) is 4. The van der Waals surface area contributed by atoms with Gasteiger partial charge < -0.3 is 0 Å². The number of nitrogens with zero attached hydrogens (tertiary/aromatic N) is 2. The van der Waals surface area contributed by atoms with E-state index >= 15 is 0 Å². The third-order valence-corrected chi connectivity index (χ3v) is 10.4. The van der Waals surface area contributed by atoms with Gasteiger partial charge in [0.15, 0.2) is 0 Å². The average Bonchev–Trinajstić information content (AvgIpc) is 3.57. The van der Waals surface area contributed by atoms with Gasteiger partial charge in [-0.25, -0.2) is 9.80 Å². The van der Waals surface area contributed by atoms with Gasteiger partial charge in [-0.05, 0) is 70.2 Å². The molecule has 0 saturated carbocycles. The van der Waals surface area contributed by atoms with E-state index in [-0.39, 0.29) is 29.0 Å². The molecule has 4 amide bonds. The molecule has 0 aromatic heterocycles. The number of hydrogen-bond donors (Lipinski definition) is 0. The maximum absolute atomic E-state index is 12.7. The van der Waals surface area contributed by atoms with E-state index in [0.717, 1.165) is 44.5 Å². The highest BCUT2D eigenvalue weighted by molar-refractivity contribution is 6.34. The summed E-state index contributed by atoms with van der Waals surface area (Å²) in [5, 5.41) is 0.575. The fourth-order valence-electron chi connectivity index (χ4n) is 6.91. The SMILES string of the molecule is CCc1cc(C(C)(C)c2ccc(C(C)(C)c3cc(CC)c(N4C(=O)C=CC4=O)c(CC)c3Cl)cc2)cc(CC)c1N1C(=O)C=CC1=O. The Bertz CT molecular complexity index is 1800. The van der Waals surface area contributed by atoms with E-state index in [1.165, 1.54) is 34.1 Å². The van der Waals surface area contributed by atoms with Crippen LogP contribution >= 0.6 is 11.6 Å². The highest BCUT2D eigenvalue weighted by atomic mass is 35.5. The Morgan fingerprint density at radius 2 is 0.915 bits per heavy atom. The summed E-state index contributed by atoms with van der Waals surface area (Å²) in [5.74, 6) is -1.29. The standard InChI is InChI=1S/C40H43ClN2O4/c1-9-24-21-29(22-25(10-2)37(24)42-32(44)17-18-33(42)45)39(5,6)27-13-15-28(16-14-27)40(7,8)31-23-26(11-3)38(30(12-4)36(31)41)43-34(46)19-20-35(43)47/h13-23H,9-12H2,1-8H3. The normalized spacial score (nSPS) is 15.2. The van der Waals surface area contributed by atoms with E-state index in [1.807, 2.05) is 27.7 Å². The molecule has 5 rings (SSSR count). The maximum Gasteiger partial charge on any atom is 0.258 e. The van der Waals surface area contributed by atoms with Crippen LogP contribution in [0.1, 0.15) is 99.9 Å². The lowest BCUT2D eigenvalue weighted by Crippen LogP contribution is -2.32. The maximum atomic E-state index is 12.7. The van der Waals surface area contributed by atoms with Crippen molar-refractivity contribution in [2.45, 2.75) is 91.9 Å². The van der Waals surface area contributed by atoms with Gasteiger partial charge in [0.2, 0.25) is 0 Å². The van der Waals surface area contributed by atoms with Gasteiger partial charge in [-0.2, -0.15) is 0 Å². The third kappa shape index (κ3) is 5.67. The van der Waals surface area contributed by atoms with E-state index in [2.05, 4.69) is 70.2 Å². The molecule has 0 bridgehead atoms. The van der Waals surface area contributed by atoms with E-state index in [4.69, 9.17) is 11.6 Å². The Labute approximate surface area is 283 Å². The van der Waals surface area contributed by atoms with E-state index in [0.29, 0.717) is 42.1 Å². The van der Waals surface area contributed by atoms with Crippen LogP contribution in [-0.4, -0.2) is 23.6 Å². The van der Waals surface area contributed by atoms with Gasteiger partial charge in [0.1, 0.15) is 0 Å². The molecule has 47 heavy (non-hydrogen) atoms. The summed E-state index contributed by atoms with van der Waals surface area (Å²) in [6, 6.07) is 15.0. The molecule has 2 heterocycles. The topological polar surface area (TPSA) is 74.8 Å². The predicted octanol–water partition coefficient (Wildman–Crippen LogP) is 8.10. The van der Waals surface area contributed by atoms with Gasteiger partial charge in [-0.3, -0.25) is 19.2 Å². The summed E-state index contributed by atoms with van der Waals surface area (Å²) in [7, 11) is 0. The van der Waals surface area contributed by atoms with Crippen LogP contribution < -0.4 is 9.80 Å². The lowest BCUT2D eigenvalue weighted by molar-refractivity contribution is -0.121. The van der Waals surface area contributed by atoms with Crippen LogP contribution in [0.2, 0.25) is 5.02 Å². The molecule has 0 fully saturated rings. The Morgan fingerprint density at radius 3 is 1.32 bits per heavy atom. The van der Waals surface area contributed by atoms with Crippen LogP contribution in [-0.2, 0) is 55.7 Å². The van der Waals surface area contributed by atoms with Crippen molar-refractivity contribution in [3.63, 3.8) is 0 Å². The fourth-order valence-corrected chi connectivity index (χ4v) is 7.42. The molecule has 0 N–H and O–H groups in total. The van der Waals surface area contributed by atoms with Crippen LogP contribution in [0.25, 0.3) is 0 Å². The molecule has 7 heteroatoms. The molecule has 0 spiro atoms.